The van der Waals surface area contributed by atoms with Crippen LogP contribution in [-0.4, -0.2) is 0 Å². The van der Waals surface area contributed by atoms with Gasteiger partial charge >= 0.3 is 0 Å². The molecule has 5 rings (SSSR count). The first-order valence-electron chi connectivity index (χ1n) is 7.99. The van der Waals surface area contributed by atoms with Crippen LogP contribution in [0.1, 0.15) is 0 Å². The third kappa shape index (κ3) is 2.66. The van der Waals surface area contributed by atoms with Gasteiger partial charge in [-0.2, -0.15) is 0 Å². The molecule has 4 aromatic rings. The van der Waals surface area contributed by atoms with Gasteiger partial charge in [0.25, 0.3) is 0 Å². The summed E-state index contributed by atoms with van der Waals surface area (Å²) in [5.41, 5.74) is 5.11. The van der Waals surface area contributed by atoms with Crippen LogP contribution in [0, 0.1) is 0 Å². The van der Waals surface area contributed by atoms with E-state index in [2.05, 4.69) is 105 Å². The van der Waals surface area contributed by atoms with E-state index in [0.717, 1.165) is 8.95 Å². The van der Waals surface area contributed by atoms with Crippen LogP contribution in [0.5, 0.6) is 0 Å². The number of hydrogen-bond acceptors (Lipinski definition) is 1. The number of benzene rings is 4. The highest BCUT2D eigenvalue weighted by Crippen LogP contribution is 2.48. The minimum Gasteiger partial charge on any atom is -0.0888 e. The molecule has 120 valence electrons. The zero-order valence-corrected chi connectivity index (χ0v) is 17.1. The Bertz CT molecular complexity index is 1120. The number of rotatable bonds is 1. The average molecular weight is 468 g/mol. The van der Waals surface area contributed by atoms with E-state index in [0.29, 0.717) is 0 Å². The molecule has 0 unspecified atom stereocenters. The van der Waals surface area contributed by atoms with E-state index in [1.165, 1.54) is 42.8 Å². The molecule has 0 saturated carbocycles. The molecule has 0 aromatic heterocycles. The molecule has 0 atom stereocenters. The molecule has 0 bridgehead atoms. The maximum atomic E-state index is 3.59. The molecular formula is C22H12Br2S. The third-order valence-electron chi connectivity index (χ3n) is 4.55. The first-order chi connectivity index (χ1) is 12.2. The normalized spacial score (nSPS) is 12.2. The minimum absolute atomic E-state index is 1.08. The summed E-state index contributed by atoms with van der Waals surface area (Å²) in [5, 5.41) is 2.69. The van der Waals surface area contributed by atoms with Crippen molar-refractivity contribution in [2.45, 2.75) is 9.79 Å². The van der Waals surface area contributed by atoms with Gasteiger partial charge in [0.1, 0.15) is 0 Å². The van der Waals surface area contributed by atoms with Crippen molar-refractivity contribution < 1.29 is 0 Å². The average Bonchev–Trinajstić information content (AvgIpc) is 2.61. The van der Waals surface area contributed by atoms with E-state index >= 15 is 0 Å². The summed E-state index contributed by atoms with van der Waals surface area (Å²) in [4.78, 5) is 2.66. The maximum absolute atomic E-state index is 3.59. The van der Waals surface area contributed by atoms with Crippen molar-refractivity contribution in [1.82, 2.24) is 0 Å². The molecule has 0 spiro atoms. The van der Waals surface area contributed by atoms with Gasteiger partial charge in [-0.25, -0.2) is 0 Å². The quantitative estimate of drug-likeness (QED) is 0.239. The molecule has 0 aliphatic carbocycles. The number of hydrogen-bond donors (Lipinski definition) is 0. The molecule has 3 heteroatoms. The lowest BCUT2D eigenvalue weighted by atomic mass is 9.95. The molecule has 0 nitrogen and oxygen atoms in total. The molecule has 1 aliphatic heterocycles. The summed E-state index contributed by atoms with van der Waals surface area (Å²) < 4.78 is 2.16. The summed E-state index contributed by atoms with van der Waals surface area (Å²) in [6.07, 6.45) is 0. The summed E-state index contributed by atoms with van der Waals surface area (Å²) >= 11 is 9.05. The van der Waals surface area contributed by atoms with E-state index in [-0.39, 0.29) is 0 Å². The Hall–Kier alpha value is -1.55. The Morgan fingerprint density at radius 1 is 0.600 bits per heavy atom. The van der Waals surface area contributed by atoms with Gasteiger partial charge in [0, 0.05) is 24.1 Å². The van der Waals surface area contributed by atoms with E-state index in [9.17, 15) is 0 Å². The molecule has 0 radical (unpaired) electrons. The first kappa shape index (κ1) is 15.7. The van der Waals surface area contributed by atoms with Gasteiger partial charge in [0.05, 0.1) is 0 Å². The van der Waals surface area contributed by atoms with E-state index < -0.39 is 0 Å². The standard InChI is InChI=1S/C22H12Br2S/c23-16-9-15(10-17(24)12-16)14-7-8-18-19-5-1-3-13-4-2-6-20(22(13)19)25-21(18)11-14/h1-12H. The molecule has 0 N–H and O–H groups in total. The Morgan fingerprint density at radius 3 is 2.16 bits per heavy atom. The van der Waals surface area contributed by atoms with E-state index in [1.54, 1.807) is 0 Å². The second kappa shape index (κ2) is 6.01. The van der Waals surface area contributed by atoms with Crippen LogP contribution in [0.3, 0.4) is 0 Å². The van der Waals surface area contributed by atoms with Crippen LogP contribution in [-0.2, 0) is 0 Å². The van der Waals surface area contributed by atoms with E-state index in [1.807, 2.05) is 11.8 Å². The predicted molar refractivity (Wildman–Crippen MR) is 114 cm³/mol. The first-order valence-corrected chi connectivity index (χ1v) is 10.4. The van der Waals surface area contributed by atoms with Crippen molar-refractivity contribution in [2.75, 3.05) is 0 Å². The van der Waals surface area contributed by atoms with Gasteiger partial charge in [0.2, 0.25) is 0 Å². The molecular weight excluding hydrogens is 456 g/mol. The SMILES string of the molecule is Brc1cc(Br)cc(-c2ccc3c(c2)Sc2cccc4cccc-3c24)c1. The van der Waals surface area contributed by atoms with Gasteiger partial charge in [-0.1, -0.05) is 86.1 Å². The molecule has 0 saturated heterocycles. The zero-order chi connectivity index (χ0) is 17.0. The predicted octanol–water partition coefficient (Wildman–Crippen LogP) is 8.16. The second-order valence-electron chi connectivity index (χ2n) is 6.13. The molecule has 1 heterocycles. The Kier molecular flexibility index (Phi) is 3.77. The summed E-state index contributed by atoms with van der Waals surface area (Å²) in [6, 6.07) is 26.3. The zero-order valence-electron chi connectivity index (χ0n) is 13.1. The van der Waals surface area contributed by atoms with Gasteiger partial charge in [0.15, 0.2) is 0 Å². The minimum atomic E-state index is 1.08. The smallest absolute Gasteiger partial charge is 0.0207 e. The molecule has 0 fully saturated rings. The van der Waals surface area contributed by atoms with Crippen LogP contribution >= 0.6 is 43.6 Å². The fourth-order valence-electron chi connectivity index (χ4n) is 3.46. The van der Waals surface area contributed by atoms with Crippen molar-refractivity contribution in [3.8, 4) is 22.3 Å². The summed E-state index contributed by atoms with van der Waals surface area (Å²) in [5.74, 6) is 0. The van der Waals surface area contributed by atoms with Crippen molar-refractivity contribution in [2.24, 2.45) is 0 Å². The van der Waals surface area contributed by atoms with Crippen molar-refractivity contribution in [3.05, 3.63) is 81.7 Å². The van der Waals surface area contributed by atoms with E-state index in [4.69, 9.17) is 0 Å². The maximum Gasteiger partial charge on any atom is 0.0207 e. The highest BCUT2D eigenvalue weighted by molar-refractivity contribution is 9.11. The molecule has 4 aromatic carbocycles. The second-order valence-corrected chi connectivity index (χ2v) is 9.05. The number of fused-ring (bicyclic) bond motifs is 2. The van der Waals surface area contributed by atoms with Crippen LogP contribution < -0.4 is 0 Å². The van der Waals surface area contributed by atoms with Gasteiger partial charge in [-0.3, -0.25) is 0 Å². The van der Waals surface area contributed by atoms with Crippen LogP contribution in [0.25, 0.3) is 33.0 Å². The third-order valence-corrected chi connectivity index (χ3v) is 6.59. The highest BCUT2D eigenvalue weighted by Gasteiger charge is 2.19. The summed E-state index contributed by atoms with van der Waals surface area (Å²) in [7, 11) is 0. The van der Waals surface area contributed by atoms with Gasteiger partial charge in [-0.05, 0) is 58.0 Å². The highest BCUT2D eigenvalue weighted by atomic mass is 79.9. The molecule has 1 aliphatic rings. The van der Waals surface area contributed by atoms with Crippen molar-refractivity contribution >= 4 is 54.4 Å². The fourth-order valence-corrected chi connectivity index (χ4v) is 5.94. The van der Waals surface area contributed by atoms with Crippen molar-refractivity contribution in [1.29, 1.82) is 0 Å². The largest absolute Gasteiger partial charge is 0.0888 e. The lowest BCUT2D eigenvalue weighted by molar-refractivity contribution is 1.39. The van der Waals surface area contributed by atoms with Crippen LogP contribution in [0.15, 0.2) is 91.5 Å². The number of halogens is 2. The van der Waals surface area contributed by atoms with Crippen LogP contribution in [0.4, 0.5) is 0 Å². The monoisotopic (exact) mass is 466 g/mol. The molecule has 0 amide bonds. The Morgan fingerprint density at radius 2 is 1.36 bits per heavy atom. The Labute approximate surface area is 167 Å². The molecule has 25 heavy (non-hydrogen) atoms. The van der Waals surface area contributed by atoms with Crippen molar-refractivity contribution in [3.63, 3.8) is 0 Å². The summed E-state index contributed by atoms with van der Waals surface area (Å²) in [6.45, 7) is 0. The Balaban J connectivity index is 1.72. The lowest BCUT2D eigenvalue weighted by Crippen LogP contribution is -1.93. The van der Waals surface area contributed by atoms with Gasteiger partial charge in [-0.15, -0.1) is 0 Å². The lowest BCUT2D eigenvalue weighted by Gasteiger charge is -2.21. The van der Waals surface area contributed by atoms with Crippen LogP contribution in [0.2, 0.25) is 0 Å². The topological polar surface area (TPSA) is 0 Å². The van der Waals surface area contributed by atoms with Gasteiger partial charge < -0.3 is 0 Å². The fraction of sp³-hybridized carbons (Fsp3) is 0.